The van der Waals surface area contributed by atoms with E-state index in [-0.39, 0.29) is 17.1 Å². The smallest absolute Gasteiger partial charge is 0.132 e. The number of hydrogen-bond donors (Lipinski definition) is 2. The third-order valence-corrected chi connectivity index (χ3v) is 2.22. The quantitative estimate of drug-likeness (QED) is 0.608. The number of aliphatic hydroxyl groups excluding tert-OH is 1. The summed E-state index contributed by atoms with van der Waals surface area (Å²) in [6.07, 6.45) is 1.81. The Kier molecular flexibility index (Phi) is 1.88. The SMILES string of the molecule is O=C=C1Cc2cc(O)ccc2C=C1O. The van der Waals surface area contributed by atoms with Crippen molar-refractivity contribution in [3.8, 4) is 5.75 Å². The number of phenols is 1. The van der Waals surface area contributed by atoms with Crippen LogP contribution >= 0.6 is 0 Å². The molecular formula is C11H8O3. The second-order valence-corrected chi connectivity index (χ2v) is 3.17. The van der Waals surface area contributed by atoms with Crippen LogP contribution < -0.4 is 0 Å². The van der Waals surface area contributed by atoms with Gasteiger partial charge in [0.05, 0.1) is 5.57 Å². The number of fused-ring (bicyclic) bond motifs is 1. The molecule has 1 aliphatic rings. The van der Waals surface area contributed by atoms with Crippen LogP contribution in [0.25, 0.3) is 6.08 Å². The van der Waals surface area contributed by atoms with Crippen molar-refractivity contribution >= 4 is 12.0 Å². The molecule has 0 spiro atoms. The van der Waals surface area contributed by atoms with E-state index in [4.69, 9.17) is 0 Å². The van der Waals surface area contributed by atoms with Crippen LogP contribution in [0.1, 0.15) is 11.1 Å². The fourth-order valence-corrected chi connectivity index (χ4v) is 1.49. The standard InChI is InChI=1S/C11H8O3/c12-6-9-3-8-4-10(13)2-1-7(8)5-11(9)14/h1-2,4-5,13-14H,3H2. The Hall–Kier alpha value is -1.99. The van der Waals surface area contributed by atoms with Crippen LogP contribution in [0.5, 0.6) is 5.75 Å². The molecule has 1 aliphatic carbocycles. The first kappa shape index (κ1) is 8.60. The van der Waals surface area contributed by atoms with Gasteiger partial charge in [-0.15, -0.1) is 0 Å². The molecule has 0 saturated heterocycles. The fourth-order valence-electron chi connectivity index (χ4n) is 1.49. The molecule has 1 aromatic carbocycles. The van der Waals surface area contributed by atoms with Crippen molar-refractivity contribution in [2.24, 2.45) is 0 Å². The zero-order valence-corrected chi connectivity index (χ0v) is 7.32. The van der Waals surface area contributed by atoms with Crippen LogP contribution in [-0.2, 0) is 11.2 Å². The minimum atomic E-state index is -0.0433. The van der Waals surface area contributed by atoms with E-state index in [2.05, 4.69) is 0 Å². The fraction of sp³-hybridized carbons (Fsp3) is 0.0909. The van der Waals surface area contributed by atoms with E-state index in [1.54, 1.807) is 18.1 Å². The van der Waals surface area contributed by atoms with E-state index >= 15 is 0 Å². The molecule has 0 bridgehead atoms. The lowest BCUT2D eigenvalue weighted by Gasteiger charge is -2.13. The molecule has 1 aromatic rings. The van der Waals surface area contributed by atoms with Gasteiger partial charge in [-0.3, -0.25) is 0 Å². The van der Waals surface area contributed by atoms with E-state index in [9.17, 15) is 15.0 Å². The van der Waals surface area contributed by atoms with Crippen molar-refractivity contribution in [2.75, 3.05) is 0 Å². The topological polar surface area (TPSA) is 57.5 Å². The Morgan fingerprint density at radius 1 is 1.29 bits per heavy atom. The van der Waals surface area contributed by atoms with Gasteiger partial charge in [-0.25, -0.2) is 4.79 Å². The van der Waals surface area contributed by atoms with Crippen molar-refractivity contribution in [1.82, 2.24) is 0 Å². The van der Waals surface area contributed by atoms with Crippen LogP contribution in [0, 0.1) is 0 Å². The third-order valence-electron chi connectivity index (χ3n) is 2.22. The molecule has 2 N–H and O–H groups in total. The monoisotopic (exact) mass is 188 g/mol. The van der Waals surface area contributed by atoms with Crippen LogP contribution in [0.15, 0.2) is 29.5 Å². The predicted octanol–water partition coefficient (Wildman–Crippen LogP) is 1.61. The third kappa shape index (κ3) is 1.30. The minimum Gasteiger partial charge on any atom is -0.508 e. The van der Waals surface area contributed by atoms with Gasteiger partial charge in [0.2, 0.25) is 0 Å². The Balaban J connectivity index is 2.59. The molecule has 70 valence electrons. The van der Waals surface area contributed by atoms with Crippen LogP contribution in [0.2, 0.25) is 0 Å². The van der Waals surface area contributed by atoms with E-state index < -0.39 is 0 Å². The summed E-state index contributed by atoms with van der Waals surface area (Å²) >= 11 is 0. The number of carbonyl (C=O) groups excluding carboxylic acids is 1. The Morgan fingerprint density at radius 2 is 2.07 bits per heavy atom. The number of phenolic OH excluding ortho intramolecular Hbond substituents is 1. The molecule has 2 rings (SSSR count). The second kappa shape index (κ2) is 3.05. The van der Waals surface area contributed by atoms with Crippen LogP contribution in [-0.4, -0.2) is 16.2 Å². The highest BCUT2D eigenvalue weighted by atomic mass is 16.3. The molecule has 0 fully saturated rings. The van der Waals surface area contributed by atoms with E-state index in [0.29, 0.717) is 6.42 Å². The molecule has 0 unspecified atom stereocenters. The highest BCUT2D eigenvalue weighted by Crippen LogP contribution is 2.27. The summed E-state index contributed by atoms with van der Waals surface area (Å²) < 4.78 is 0. The van der Waals surface area contributed by atoms with Gasteiger partial charge in [0.25, 0.3) is 0 Å². The summed E-state index contributed by atoms with van der Waals surface area (Å²) in [6.45, 7) is 0. The average Bonchev–Trinajstić information content (AvgIpc) is 2.17. The van der Waals surface area contributed by atoms with Gasteiger partial charge in [0.1, 0.15) is 17.5 Å². The first-order chi connectivity index (χ1) is 6.70. The Morgan fingerprint density at radius 3 is 2.79 bits per heavy atom. The van der Waals surface area contributed by atoms with E-state index in [0.717, 1.165) is 11.1 Å². The highest BCUT2D eigenvalue weighted by molar-refractivity contribution is 5.72. The maximum Gasteiger partial charge on any atom is 0.132 e. The molecule has 0 atom stereocenters. The number of benzene rings is 1. The number of allylic oxidation sites excluding steroid dienone is 1. The number of hydrogen-bond acceptors (Lipinski definition) is 3. The molecule has 0 aliphatic heterocycles. The van der Waals surface area contributed by atoms with Crippen molar-refractivity contribution in [1.29, 1.82) is 0 Å². The number of aliphatic hydroxyl groups is 1. The van der Waals surface area contributed by atoms with Gasteiger partial charge in [-0.2, -0.15) is 0 Å². The molecule has 0 saturated carbocycles. The van der Waals surface area contributed by atoms with Crippen molar-refractivity contribution < 1.29 is 15.0 Å². The summed E-state index contributed by atoms with van der Waals surface area (Å²) in [4.78, 5) is 10.4. The Labute approximate surface area is 80.6 Å². The first-order valence-electron chi connectivity index (χ1n) is 4.17. The van der Waals surface area contributed by atoms with Gasteiger partial charge in [0.15, 0.2) is 0 Å². The summed E-state index contributed by atoms with van der Waals surface area (Å²) in [5.74, 6) is 1.79. The zero-order chi connectivity index (χ0) is 10.1. The minimum absolute atomic E-state index is 0.0433. The van der Waals surface area contributed by atoms with Gasteiger partial charge >= 0.3 is 0 Å². The van der Waals surface area contributed by atoms with Crippen molar-refractivity contribution in [3.05, 3.63) is 40.7 Å². The molecule has 0 amide bonds. The first-order valence-corrected chi connectivity index (χ1v) is 4.17. The molecule has 0 aromatic heterocycles. The Bertz CT molecular complexity index is 465. The number of aromatic hydroxyl groups is 1. The molecule has 3 heteroatoms. The van der Waals surface area contributed by atoms with E-state index in [1.807, 2.05) is 0 Å². The summed E-state index contributed by atoms with van der Waals surface area (Å²) in [6, 6.07) is 4.82. The molecule has 0 heterocycles. The second-order valence-electron chi connectivity index (χ2n) is 3.17. The normalized spacial score (nSPS) is 14.3. The number of rotatable bonds is 0. The highest BCUT2D eigenvalue weighted by Gasteiger charge is 2.15. The largest absolute Gasteiger partial charge is 0.508 e. The van der Waals surface area contributed by atoms with Crippen molar-refractivity contribution in [2.45, 2.75) is 6.42 Å². The van der Waals surface area contributed by atoms with Gasteiger partial charge in [0, 0.05) is 6.42 Å². The van der Waals surface area contributed by atoms with Gasteiger partial charge in [-0.1, -0.05) is 6.07 Å². The predicted molar refractivity (Wildman–Crippen MR) is 51.6 cm³/mol. The lowest BCUT2D eigenvalue weighted by atomic mass is 9.93. The lowest BCUT2D eigenvalue weighted by Crippen LogP contribution is -2.03. The van der Waals surface area contributed by atoms with Gasteiger partial charge < -0.3 is 10.2 Å². The average molecular weight is 188 g/mol. The lowest BCUT2D eigenvalue weighted by molar-refractivity contribution is 0.424. The molecule has 0 radical (unpaired) electrons. The van der Waals surface area contributed by atoms with Crippen LogP contribution in [0.4, 0.5) is 0 Å². The van der Waals surface area contributed by atoms with Crippen molar-refractivity contribution in [3.63, 3.8) is 0 Å². The molecular weight excluding hydrogens is 180 g/mol. The molecule has 14 heavy (non-hydrogen) atoms. The molecule has 3 nitrogen and oxygen atoms in total. The summed E-state index contributed by atoms with van der Waals surface area (Å²) in [7, 11) is 0. The van der Waals surface area contributed by atoms with E-state index in [1.165, 1.54) is 12.1 Å². The maximum absolute atomic E-state index is 10.4. The summed E-state index contributed by atoms with van der Waals surface area (Å²) in [5, 5.41) is 18.6. The van der Waals surface area contributed by atoms with Crippen LogP contribution in [0.3, 0.4) is 0 Å². The maximum atomic E-state index is 10.4. The summed E-state index contributed by atoms with van der Waals surface area (Å²) in [5.41, 5.74) is 1.86. The zero-order valence-electron chi connectivity index (χ0n) is 7.32. The van der Waals surface area contributed by atoms with Gasteiger partial charge in [-0.05, 0) is 29.3 Å².